The van der Waals surface area contributed by atoms with Crippen LogP contribution >= 0.6 is 11.3 Å². The molecule has 0 saturated carbocycles. The van der Waals surface area contributed by atoms with Crippen LogP contribution in [0, 0.1) is 0 Å². The van der Waals surface area contributed by atoms with E-state index in [1.807, 2.05) is 60.7 Å². The monoisotopic (exact) mass is 584 g/mol. The molecule has 8 nitrogen and oxygen atoms in total. The van der Waals surface area contributed by atoms with Gasteiger partial charge in [0.1, 0.15) is 12.4 Å². The first-order valence-corrected chi connectivity index (χ1v) is 14.3. The number of esters is 1. The molecule has 0 fully saturated rings. The van der Waals surface area contributed by atoms with Gasteiger partial charge >= 0.3 is 5.97 Å². The highest BCUT2D eigenvalue weighted by Gasteiger charge is 2.33. The maximum Gasteiger partial charge on any atom is 0.338 e. The molecule has 0 unspecified atom stereocenters. The Balaban J connectivity index is 1.55. The van der Waals surface area contributed by atoms with Crippen molar-refractivity contribution in [2.75, 3.05) is 14.2 Å². The van der Waals surface area contributed by atoms with E-state index in [1.54, 1.807) is 57.8 Å². The minimum Gasteiger partial charge on any atom is -0.497 e. The lowest BCUT2D eigenvalue weighted by molar-refractivity contribution is -0.143. The Hall–Kier alpha value is -4.63. The molecule has 4 aromatic rings. The third-order valence-corrected chi connectivity index (χ3v) is 7.72. The highest BCUT2D eigenvalue weighted by molar-refractivity contribution is 7.07. The van der Waals surface area contributed by atoms with Gasteiger partial charge in [0, 0.05) is 0 Å². The maximum absolute atomic E-state index is 13.9. The first-order chi connectivity index (χ1) is 20.3. The molecule has 1 atom stereocenters. The molecule has 0 N–H and O–H groups in total. The minimum atomic E-state index is -0.705. The second-order valence-corrected chi connectivity index (χ2v) is 11.0. The van der Waals surface area contributed by atoms with Crippen LogP contribution in [-0.4, -0.2) is 30.9 Å². The van der Waals surface area contributed by atoms with Gasteiger partial charge in [-0.15, -0.1) is 0 Å². The SMILES string of the molecule is COc1ccc([C@H]2C(C(=O)OC(C)C)=C(C)N=c3s/c(=C/c4ccc(OCc5ccccc5)c(OC)c4)c(=O)n32)cc1. The number of thiazole rings is 1. The van der Waals surface area contributed by atoms with E-state index in [0.717, 1.165) is 16.7 Å². The predicted octanol–water partition coefficient (Wildman–Crippen LogP) is 4.78. The van der Waals surface area contributed by atoms with E-state index in [9.17, 15) is 9.59 Å². The van der Waals surface area contributed by atoms with Crippen LogP contribution in [0.1, 0.15) is 43.5 Å². The van der Waals surface area contributed by atoms with Crippen LogP contribution in [-0.2, 0) is 16.1 Å². The molecule has 0 aliphatic carbocycles. The topological polar surface area (TPSA) is 88.4 Å². The summed E-state index contributed by atoms with van der Waals surface area (Å²) in [6, 6.07) is 22.0. The molecular weight excluding hydrogens is 552 g/mol. The Morgan fingerprint density at radius 1 is 1.00 bits per heavy atom. The van der Waals surface area contributed by atoms with Gasteiger partial charge in [-0.05, 0) is 67.8 Å². The van der Waals surface area contributed by atoms with Crippen molar-refractivity contribution in [1.29, 1.82) is 0 Å². The van der Waals surface area contributed by atoms with Crippen molar-refractivity contribution < 1.29 is 23.7 Å². The number of hydrogen-bond donors (Lipinski definition) is 0. The van der Waals surface area contributed by atoms with Crippen molar-refractivity contribution >= 4 is 23.4 Å². The zero-order chi connectivity index (χ0) is 29.8. The Morgan fingerprint density at radius 2 is 1.74 bits per heavy atom. The lowest BCUT2D eigenvalue weighted by atomic mass is 9.96. The minimum absolute atomic E-state index is 0.259. The van der Waals surface area contributed by atoms with Gasteiger partial charge < -0.3 is 18.9 Å². The van der Waals surface area contributed by atoms with Gasteiger partial charge in [-0.1, -0.05) is 59.9 Å². The van der Waals surface area contributed by atoms with Gasteiger partial charge in [0.05, 0.1) is 42.2 Å². The van der Waals surface area contributed by atoms with Crippen LogP contribution in [0.25, 0.3) is 6.08 Å². The molecule has 9 heteroatoms. The van der Waals surface area contributed by atoms with Crippen molar-refractivity contribution in [2.45, 2.75) is 39.5 Å². The first kappa shape index (κ1) is 28.9. The second-order valence-electron chi connectivity index (χ2n) is 9.99. The number of fused-ring (bicyclic) bond motifs is 1. The summed E-state index contributed by atoms with van der Waals surface area (Å²) < 4.78 is 24.5. The largest absolute Gasteiger partial charge is 0.497 e. The van der Waals surface area contributed by atoms with E-state index in [2.05, 4.69) is 4.99 Å². The zero-order valence-corrected chi connectivity index (χ0v) is 24.9. The molecule has 0 amide bonds. The third-order valence-electron chi connectivity index (χ3n) is 6.74. The van der Waals surface area contributed by atoms with E-state index < -0.39 is 12.0 Å². The number of carbonyl (C=O) groups excluding carboxylic acids is 1. The molecule has 0 spiro atoms. The van der Waals surface area contributed by atoms with Crippen LogP contribution in [0.4, 0.5) is 0 Å². The summed E-state index contributed by atoms with van der Waals surface area (Å²) in [5.41, 5.74) is 3.13. The number of hydrogen-bond acceptors (Lipinski definition) is 8. The van der Waals surface area contributed by atoms with Gasteiger partial charge in [-0.2, -0.15) is 0 Å². The van der Waals surface area contributed by atoms with Crippen LogP contribution in [0.5, 0.6) is 17.2 Å². The average molecular weight is 585 g/mol. The molecule has 1 aliphatic rings. The number of aromatic nitrogens is 1. The van der Waals surface area contributed by atoms with Crippen molar-refractivity contribution in [3.8, 4) is 17.2 Å². The molecule has 1 aromatic heterocycles. The van der Waals surface area contributed by atoms with E-state index in [0.29, 0.717) is 44.5 Å². The van der Waals surface area contributed by atoms with Gasteiger partial charge in [-0.25, -0.2) is 9.79 Å². The summed E-state index contributed by atoms with van der Waals surface area (Å²) in [6.45, 7) is 5.75. The summed E-state index contributed by atoms with van der Waals surface area (Å²) in [4.78, 5) is 32.4. The average Bonchev–Trinajstić information content (AvgIpc) is 3.29. The maximum atomic E-state index is 13.9. The fourth-order valence-corrected chi connectivity index (χ4v) is 5.79. The lowest BCUT2D eigenvalue weighted by Crippen LogP contribution is -2.40. The molecule has 1 aliphatic heterocycles. The number of ether oxygens (including phenoxy) is 4. The summed E-state index contributed by atoms with van der Waals surface area (Å²) >= 11 is 1.26. The highest BCUT2D eigenvalue weighted by Crippen LogP contribution is 2.32. The second kappa shape index (κ2) is 12.5. The molecular formula is C33H32N2O6S. The molecule has 0 bridgehead atoms. The fraction of sp³-hybridized carbons (Fsp3) is 0.242. The Morgan fingerprint density at radius 3 is 2.40 bits per heavy atom. The van der Waals surface area contributed by atoms with E-state index in [-0.39, 0.29) is 11.7 Å². The molecule has 2 heterocycles. The van der Waals surface area contributed by atoms with Gasteiger partial charge in [-0.3, -0.25) is 9.36 Å². The lowest BCUT2D eigenvalue weighted by Gasteiger charge is -2.25. The zero-order valence-electron chi connectivity index (χ0n) is 24.1. The smallest absolute Gasteiger partial charge is 0.338 e. The molecule has 0 radical (unpaired) electrons. The third kappa shape index (κ3) is 6.01. The summed E-state index contributed by atoms with van der Waals surface area (Å²) in [7, 11) is 3.17. The van der Waals surface area contributed by atoms with Crippen molar-refractivity contribution in [3.63, 3.8) is 0 Å². The predicted molar refractivity (Wildman–Crippen MR) is 162 cm³/mol. The van der Waals surface area contributed by atoms with Crippen LogP contribution in [0.15, 0.2) is 93.9 Å². The number of carbonyl (C=O) groups is 1. The number of allylic oxidation sites excluding steroid dienone is 1. The number of benzene rings is 3. The van der Waals surface area contributed by atoms with E-state index in [4.69, 9.17) is 18.9 Å². The van der Waals surface area contributed by atoms with E-state index in [1.165, 1.54) is 11.3 Å². The Labute approximate surface area is 247 Å². The molecule has 42 heavy (non-hydrogen) atoms. The van der Waals surface area contributed by atoms with Gasteiger partial charge in [0.25, 0.3) is 5.56 Å². The van der Waals surface area contributed by atoms with Crippen LogP contribution < -0.4 is 29.1 Å². The highest BCUT2D eigenvalue weighted by atomic mass is 32.1. The number of methoxy groups -OCH3 is 2. The van der Waals surface area contributed by atoms with Crippen LogP contribution in [0.2, 0.25) is 0 Å². The Kier molecular flexibility index (Phi) is 8.59. The van der Waals surface area contributed by atoms with Crippen molar-refractivity contribution in [1.82, 2.24) is 4.57 Å². The van der Waals surface area contributed by atoms with Gasteiger partial charge in [0.15, 0.2) is 16.3 Å². The van der Waals surface area contributed by atoms with Crippen molar-refractivity contribution in [2.24, 2.45) is 4.99 Å². The van der Waals surface area contributed by atoms with E-state index >= 15 is 0 Å². The van der Waals surface area contributed by atoms with Crippen LogP contribution in [0.3, 0.4) is 0 Å². The normalized spacial score (nSPS) is 14.8. The van der Waals surface area contributed by atoms with Gasteiger partial charge in [0.2, 0.25) is 0 Å². The summed E-state index contributed by atoms with van der Waals surface area (Å²) in [6.07, 6.45) is 1.47. The number of nitrogens with zero attached hydrogens (tertiary/aromatic N) is 2. The number of rotatable bonds is 9. The first-order valence-electron chi connectivity index (χ1n) is 13.5. The quantitative estimate of drug-likeness (QED) is 0.263. The molecule has 3 aromatic carbocycles. The summed E-state index contributed by atoms with van der Waals surface area (Å²) in [5.74, 6) is 1.32. The fourth-order valence-electron chi connectivity index (χ4n) is 4.74. The molecule has 5 rings (SSSR count). The standard InChI is InChI=1S/C33H32N2O6S/c1-20(2)41-32(37)29-21(3)34-33-35(30(29)24-12-14-25(38-4)15-13-24)31(36)28(42-33)18-23-11-16-26(27(17-23)39-5)40-19-22-9-7-6-8-10-22/h6-18,20,30H,19H2,1-5H3/b28-18+/t30-/m0/s1. The van der Waals surface area contributed by atoms with Crippen molar-refractivity contribution in [3.05, 3.63) is 120 Å². The molecule has 0 saturated heterocycles. The summed E-state index contributed by atoms with van der Waals surface area (Å²) in [5, 5.41) is 0. The molecule has 216 valence electrons. The Bertz CT molecular complexity index is 1800.